The molecule has 1 aromatic carbocycles. The second-order valence-corrected chi connectivity index (χ2v) is 5.98. The monoisotopic (exact) mass is 312 g/mol. The van der Waals surface area contributed by atoms with E-state index in [1.165, 1.54) is 11.9 Å². The van der Waals surface area contributed by atoms with Gasteiger partial charge in [-0.25, -0.2) is 9.97 Å². The number of nitrogens with one attached hydrogen (secondary N) is 2. The molecule has 1 heterocycles. The van der Waals surface area contributed by atoms with Crippen molar-refractivity contribution in [2.45, 2.75) is 34.1 Å². The van der Waals surface area contributed by atoms with Gasteiger partial charge >= 0.3 is 0 Å². The zero-order valence-corrected chi connectivity index (χ0v) is 14.2. The summed E-state index contributed by atoms with van der Waals surface area (Å²) in [6.45, 7) is 8.91. The van der Waals surface area contributed by atoms with Gasteiger partial charge in [0.2, 0.25) is 0 Å². The predicted octanol–water partition coefficient (Wildman–Crippen LogP) is 3.48. The average Bonchev–Trinajstić information content (AvgIpc) is 2.54. The molecule has 0 saturated heterocycles. The fourth-order valence-corrected chi connectivity index (χ4v) is 2.27. The lowest BCUT2D eigenvalue weighted by molar-refractivity contribution is 0.0944. The van der Waals surface area contributed by atoms with E-state index in [0.717, 1.165) is 17.7 Å². The number of carbonyl (C=O) groups excluding carboxylic acids is 1. The molecule has 0 bridgehead atoms. The zero-order chi connectivity index (χ0) is 16.8. The van der Waals surface area contributed by atoms with Crippen LogP contribution in [0.4, 0.5) is 11.5 Å². The van der Waals surface area contributed by atoms with E-state index >= 15 is 0 Å². The van der Waals surface area contributed by atoms with E-state index in [1.807, 2.05) is 6.07 Å². The first-order valence-corrected chi connectivity index (χ1v) is 7.97. The summed E-state index contributed by atoms with van der Waals surface area (Å²) >= 11 is 0. The predicted molar refractivity (Wildman–Crippen MR) is 93.0 cm³/mol. The average molecular weight is 312 g/mol. The highest BCUT2D eigenvalue weighted by molar-refractivity contribution is 5.93. The molecule has 5 nitrogen and oxygen atoms in total. The van der Waals surface area contributed by atoms with Crippen molar-refractivity contribution in [3.8, 4) is 0 Å². The molecule has 2 rings (SSSR count). The summed E-state index contributed by atoms with van der Waals surface area (Å²) in [5.74, 6) is 0.848. The van der Waals surface area contributed by atoms with Crippen LogP contribution in [-0.4, -0.2) is 22.4 Å². The Hall–Kier alpha value is -2.43. The van der Waals surface area contributed by atoms with Gasteiger partial charge in [-0.2, -0.15) is 0 Å². The smallest absolute Gasteiger partial charge is 0.270 e. The number of aromatic nitrogens is 2. The fraction of sp³-hybridized carbons (Fsp3) is 0.389. The van der Waals surface area contributed by atoms with E-state index in [4.69, 9.17) is 0 Å². The maximum Gasteiger partial charge on any atom is 0.270 e. The summed E-state index contributed by atoms with van der Waals surface area (Å²) in [5, 5.41) is 6.19. The summed E-state index contributed by atoms with van der Waals surface area (Å²) in [5.41, 5.74) is 3.78. The lowest BCUT2D eigenvalue weighted by Crippen LogP contribution is -2.28. The SMILES string of the molecule is CCc1cccc(C)c1Nc1cc(C(=O)NCC(C)C)ncn1. The molecule has 0 aliphatic rings. The number of hydrogen-bond donors (Lipinski definition) is 2. The van der Waals surface area contributed by atoms with Crippen molar-refractivity contribution < 1.29 is 4.79 Å². The largest absolute Gasteiger partial charge is 0.350 e. The standard InChI is InChI=1S/C18H24N4O/c1-5-14-8-6-7-13(4)17(14)22-16-9-15(20-11-21-16)18(23)19-10-12(2)3/h6-9,11-12H,5,10H2,1-4H3,(H,19,23)(H,20,21,22). The molecule has 0 aliphatic carbocycles. The highest BCUT2D eigenvalue weighted by atomic mass is 16.1. The molecule has 0 unspecified atom stereocenters. The first-order chi connectivity index (χ1) is 11.0. The molecule has 5 heteroatoms. The van der Waals surface area contributed by atoms with Crippen molar-refractivity contribution in [3.05, 3.63) is 47.4 Å². The van der Waals surface area contributed by atoms with Crippen molar-refractivity contribution in [3.63, 3.8) is 0 Å². The number of aryl methyl sites for hydroxylation is 2. The van der Waals surface area contributed by atoms with E-state index in [-0.39, 0.29) is 5.91 Å². The fourth-order valence-electron chi connectivity index (χ4n) is 2.27. The molecule has 0 saturated carbocycles. The van der Waals surface area contributed by atoms with Crippen LogP contribution in [0.5, 0.6) is 0 Å². The van der Waals surface area contributed by atoms with Gasteiger partial charge in [-0.1, -0.05) is 39.0 Å². The van der Waals surface area contributed by atoms with Crippen molar-refractivity contribution in [1.29, 1.82) is 0 Å². The minimum absolute atomic E-state index is 0.176. The number of hydrogen-bond acceptors (Lipinski definition) is 4. The highest BCUT2D eigenvalue weighted by Gasteiger charge is 2.11. The van der Waals surface area contributed by atoms with Gasteiger partial charge in [0, 0.05) is 18.3 Å². The molecule has 122 valence electrons. The molecule has 1 aromatic heterocycles. The molecular weight excluding hydrogens is 288 g/mol. The number of nitrogens with zero attached hydrogens (tertiary/aromatic N) is 2. The summed E-state index contributed by atoms with van der Waals surface area (Å²) in [6, 6.07) is 7.87. The van der Waals surface area contributed by atoms with Crippen molar-refractivity contribution >= 4 is 17.4 Å². The third kappa shape index (κ3) is 4.52. The lowest BCUT2D eigenvalue weighted by Gasteiger charge is -2.14. The lowest BCUT2D eigenvalue weighted by atomic mass is 10.1. The second kappa shape index (κ2) is 7.72. The molecule has 23 heavy (non-hydrogen) atoms. The molecule has 2 N–H and O–H groups in total. The second-order valence-electron chi connectivity index (χ2n) is 5.98. The van der Waals surface area contributed by atoms with Crippen LogP contribution in [0.1, 0.15) is 42.4 Å². The topological polar surface area (TPSA) is 66.9 Å². The minimum Gasteiger partial charge on any atom is -0.350 e. The maximum absolute atomic E-state index is 12.1. The maximum atomic E-state index is 12.1. The van der Waals surface area contributed by atoms with Gasteiger partial charge in [-0.05, 0) is 30.4 Å². The Morgan fingerprint density at radius 1 is 1.26 bits per heavy atom. The van der Waals surface area contributed by atoms with Crippen LogP contribution in [0.3, 0.4) is 0 Å². The Balaban J connectivity index is 2.19. The molecule has 0 spiro atoms. The zero-order valence-electron chi connectivity index (χ0n) is 14.2. The number of para-hydroxylation sites is 1. The summed E-state index contributed by atoms with van der Waals surface area (Å²) in [4.78, 5) is 20.4. The number of carbonyl (C=O) groups is 1. The summed E-state index contributed by atoms with van der Waals surface area (Å²) in [6.07, 6.45) is 2.34. The van der Waals surface area contributed by atoms with Crippen LogP contribution < -0.4 is 10.6 Å². The first kappa shape index (κ1) is 16.9. The third-order valence-corrected chi connectivity index (χ3v) is 3.56. The van der Waals surface area contributed by atoms with Crippen LogP contribution >= 0.6 is 0 Å². The van der Waals surface area contributed by atoms with E-state index in [1.54, 1.807) is 6.07 Å². The highest BCUT2D eigenvalue weighted by Crippen LogP contribution is 2.24. The molecule has 2 aromatic rings. The molecule has 0 aliphatic heterocycles. The van der Waals surface area contributed by atoms with E-state index in [0.29, 0.717) is 24.0 Å². The van der Waals surface area contributed by atoms with Crippen LogP contribution in [0.2, 0.25) is 0 Å². The van der Waals surface area contributed by atoms with E-state index in [9.17, 15) is 4.79 Å². The Kier molecular flexibility index (Phi) is 5.68. The molecule has 0 atom stereocenters. The van der Waals surface area contributed by atoms with Gasteiger partial charge in [0.25, 0.3) is 5.91 Å². The number of rotatable bonds is 6. The number of benzene rings is 1. The van der Waals surface area contributed by atoms with E-state index < -0.39 is 0 Å². The molecular formula is C18H24N4O. The van der Waals surface area contributed by atoms with Crippen LogP contribution in [0.15, 0.2) is 30.6 Å². The van der Waals surface area contributed by atoms with Crippen LogP contribution in [0, 0.1) is 12.8 Å². The van der Waals surface area contributed by atoms with Gasteiger partial charge in [0.05, 0.1) is 0 Å². The summed E-state index contributed by atoms with van der Waals surface area (Å²) < 4.78 is 0. The van der Waals surface area contributed by atoms with Gasteiger partial charge in [-0.3, -0.25) is 4.79 Å². The van der Waals surface area contributed by atoms with Crippen LogP contribution in [0.25, 0.3) is 0 Å². The van der Waals surface area contributed by atoms with Crippen molar-refractivity contribution in [1.82, 2.24) is 15.3 Å². The van der Waals surface area contributed by atoms with Gasteiger partial charge in [-0.15, -0.1) is 0 Å². The van der Waals surface area contributed by atoms with Gasteiger partial charge in [0.15, 0.2) is 0 Å². The van der Waals surface area contributed by atoms with E-state index in [2.05, 4.69) is 60.4 Å². The Morgan fingerprint density at radius 2 is 2.04 bits per heavy atom. The molecule has 0 radical (unpaired) electrons. The molecule has 1 amide bonds. The normalized spacial score (nSPS) is 10.7. The van der Waals surface area contributed by atoms with Gasteiger partial charge < -0.3 is 10.6 Å². The van der Waals surface area contributed by atoms with Crippen molar-refractivity contribution in [2.75, 3.05) is 11.9 Å². The first-order valence-electron chi connectivity index (χ1n) is 7.97. The summed E-state index contributed by atoms with van der Waals surface area (Å²) in [7, 11) is 0. The van der Waals surface area contributed by atoms with Crippen LogP contribution in [-0.2, 0) is 6.42 Å². The Labute approximate surface area is 137 Å². The quantitative estimate of drug-likeness (QED) is 0.857. The minimum atomic E-state index is -0.176. The number of anilines is 2. The Morgan fingerprint density at radius 3 is 2.74 bits per heavy atom. The third-order valence-electron chi connectivity index (χ3n) is 3.56. The molecule has 0 fully saturated rings. The number of amides is 1. The Bertz CT molecular complexity index is 682. The van der Waals surface area contributed by atoms with Crippen molar-refractivity contribution in [2.24, 2.45) is 5.92 Å². The van der Waals surface area contributed by atoms with Gasteiger partial charge in [0.1, 0.15) is 17.8 Å².